The molecule has 1 unspecified atom stereocenters. The van der Waals surface area contributed by atoms with Crippen LogP contribution in [-0.2, 0) is 12.0 Å². The number of nitrogens with zero attached hydrogens (tertiary/aromatic N) is 1. The van der Waals surface area contributed by atoms with Crippen molar-refractivity contribution in [3.8, 4) is 0 Å². The summed E-state index contributed by atoms with van der Waals surface area (Å²) in [4.78, 5) is 2.59. The molecule has 2 aliphatic rings. The molecule has 0 spiro atoms. The molecular weight excluding hydrogens is 358 g/mol. The van der Waals surface area contributed by atoms with Crippen molar-refractivity contribution in [3.63, 3.8) is 0 Å². The first kappa shape index (κ1) is 20.6. The van der Waals surface area contributed by atoms with Crippen molar-refractivity contribution in [3.05, 3.63) is 71.3 Å². The van der Waals surface area contributed by atoms with Gasteiger partial charge in [0.25, 0.3) is 0 Å². The van der Waals surface area contributed by atoms with Crippen LogP contribution in [0, 0.1) is 11.8 Å². The molecule has 1 aliphatic heterocycles. The van der Waals surface area contributed by atoms with E-state index in [4.69, 9.17) is 0 Å². The molecule has 2 N–H and O–H groups in total. The zero-order valence-corrected chi connectivity index (χ0v) is 18.0. The van der Waals surface area contributed by atoms with Crippen LogP contribution in [0.3, 0.4) is 0 Å². The van der Waals surface area contributed by atoms with E-state index < -0.39 is 11.2 Å². The van der Waals surface area contributed by atoms with E-state index >= 15 is 0 Å². The summed E-state index contributed by atoms with van der Waals surface area (Å²) < 4.78 is 0. The lowest BCUT2D eigenvalue weighted by Gasteiger charge is -2.27. The number of aliphatic hydroxyl groups is 2. The highest BCUT2D eigenvalue weighted by atomic mass is 16.3. The van der Waals surface area contributed by atoms with Crippen molar-refractivity contribution >= 4 is 0 Å². The third kappa shape index (κ3) is 4.74. The van der Waals surface area contributed by atoms with Crippen LogP contribution in [-0.4, -0.2) is 40.3 Å². The van der Waals surface area contributed by atoms with E-state index in [0.717, 1.165) is 44.5 Å². The molecule has 1 heterocycles. The lowest BCUT2D eigenvalue weighted by molar-refractivity contribution is 0.0353. The summed E-state index contributed by atoms with van der Waals surface area (Å²) in [6.45, 7) is 9.22. The summed E-state index contributed by atoms with van der Waals surface area (Å²) >= 11 is 0. The highest BCUT2D eigenvalue weighted by molar-refractivity contribution is 5.28. The van der Waals surface area contributed by atoms with Crippen LogP contribution in [0.1, 0.15) is 56.2 Å². The Kier molecular flexibility index (Phi) is 5.58. The van der Waals surface area contributed by atoms with Crippen molar-refractivity contribution in [1.82, 2.24) is 4.90 Å². The fourth-order valence-corrected chi connectivity index (χ4v) is 5.54. The lowest BCUT2D eigenvalue weighted by Crippen LogP contribution is -2.33. The Morgan fingerprint density at radius 1 is 1.00 bits per heavy atom. The van der Waals surface area contributed by atoms with E-state index in [0.29, 0.717) is 17.8 Å². The van der Waals surface area contributed by atoms with Crippen molar-refractivity contribution in [2.24, 2.45) is 11.8 Å². The molecule has 0 radical (unpaired) electrons. The molecule has 1 saturated heterocycles. The monoisotopic (exact) mass is 393 g/mol. The smallest absolute Gasteiger partial charge is 0.0840 e. The second-order valence-electron chi connectivity index (χ2n) is 10.1. The van der Waals surface area contributed by atoms with Crippen LogP contribution >= 0.6 is 0 Å². The van der Waals surface area contributed by atoms with Crippen molar-refractivity contribution in [2.75, 3.05) is 19.6 Å². The Balaban J connectivity index is 1.31. The van der Waals surface area contributed by atoms with Gasteiger partial charge in [-0.25, -0.2) is 0 Å². The molecule has 1 saturated carbocycles. The first-order chi connectivity index (χ1) is 13.7. The molecule has 3 nitrogen and oxygen atoms in total. The molecule has 2 fully saturated rings. The maximum absolute atomic E-state index is 11.1. The van der Waals surface area contributed by atoms with Crippen LogP contribution in [0.4, 0.5) is 0 Å². The minimum absolute atomic E-state index is 0.466. The van der Waals surface area contributed by atoms with Crippen LogP contribution in [0.2, 0.25) is 0 Å². The van der Waals surface area contributed by atoms with Gasteiger partial charge in [0.1, 0.15) is 0 Å². The van der Waals surface area contributed by atoms with Gasteiger partial charge in [0.05, 0.1) is 11.2 Å². The van der Waals surface area contributed by atoms with Gasteiger partial charge in [0, 0.05) is 26.1 Å². The number of rotatable bonds is 6. The average Bonchev–Trinajstić information content (AvgIpc) is 3.15. The number of hydrogen-bond acceptors (Lipinski definition) is 3. The molecule has 4 rings (SSSR count). The topological polar surface area (TPSA) is 43.7 Å². The van der Waals surface area contributed by atoms with E-state index in [1.54, 1.807) is 0 Å². The van der Waals surface area contributed by atoms with Gasteiger partial charge in [-0.15, -0.1) is 0 Å². The third-order valence-electron chi connectivity index (χ3n) is 7.03. The summed E-state index contributed by atoms with van der Waals surface area (Å²) in [6, 6.07) is 18.8. The fourth-order valence-electron chi connectivity index (χ4n) is 5.54. The molecule has 156 valence electrons. The predicted molar refractivity (Wildman–Crippen MR) is 118 cm³/mol. The van der Waals surface area contributed by atoms with Crippen LogP contribution in [0.5, 0.6) is 0 Å². The Morgan fingerprint density at radius 2 is 1.59 bits per heavy atom. The summed E-state index contributed by atoms with van der Waals surface area (Å²) in [5, 5.41) is 21.3. The molecule has 29 heavy (non-hydrogen) atoms. The second kappa shape index (κ2) is 7.86. The first-order valence-electron chi connectivity index (χ1n) is 11.0. The van der Waals surface area contributed by atoms with E-state index in [1.165, 1.54) is 11.1 Å². The molecule has 1 aliphatic carbocycles. The highest BCUT2D eigenvalue weighted by Crippen LogP contribution is 2.45. The molecule has 0 aromatic heterocycles. The Hall–Kier alpha value is -1.68. The largest absolute Gasteiger partial charge is 0.390 e. The van der Waals surface area contributed by atoms with Crippen LogP contribution in [0.15, 0.2) is 54.6 Å². The van der Waals surface area contributed by atoms with Gasteiger partial charge < -0.3 is 15.1 Å². The minimum atomic E-state index is -0.787. The average molecular weight is 394 g/mol. The van der Waals surface area contributed by atoms with Crippen molar-refractivity contribution in [1.29, 1.82) is 0 Å². The van der Waals surface area contributed by atoms with Gasteiger partial charge in [0.15, 0.2) is 0 Å². The zero-order valence-electron chi connectivity index (χ0n) is 18.0. The van der Waals surface area contributed by atoms with Gasteiger partial charge in [-0.3, -0.25) is 0 Å². The number of fused-ring (bicyclic) bond motifs is 1. The highest BCUT2D eigenvalue weighted by Gasteiger charge is 2.48. The normalized spacial score (nSPS) is 28.4. The van der Waals surface area contributed by atoms with E-state index in [1.807, 2.05) is 32.0 Å². The van der Waals surface area contributed by atoms with Gasteiger partial charge in [0.2, 0.25) is 0 Å². The maximum atomic E-state index is 11.1. The third-order valence-corrected chi connectivity index (χ3v) is 7.03. The molecule has 4 atom stereocenters. The Morgan fingerprint density at radius 3 is 2.14 bits per heavy atom. The maximum Gasteiger partial charge on any atom is 0.0840 e. The van der Waals surface area contributed by atoms with Gasteiger partial charge in [-0.05, 0) is 61.1 Å². The zero-order chi connectivity index (χ0) is 20.6. The fraction of sp³-hybridized carbons (Fsp3) is 0.538. The number of benzene rings is 2. The van der Waals surface area contributed by atoms with Crippen LogP contribution in [0.25, 0.3) is 0 Å². The van der Waals surface area contributed by atoms with Gasteiger partial charge >= 0.3 is 0 Å². The van der Waals surface area contributed by atoms with Crippen molar-refractivity contribution < 1.29 is 10.2 Å². The summed E-state index contributed by atoms with van der Waals surface area (Å²) in [5.41, 5.74) is 2.22. The first-order valence-corrected chi connectivity index (χ1v) is 11.0. The molecule has 2 aromatic carbocycles. The second-order valence-corrected chi connectivity index (χ2v) is 10.1. The number of hydrogen-bond donors (Lipinski definition) is 2. The van der Waals surface area contributed by atoms with Gasteiger partial charge in [-0.2, -0.15) is 0 Å². The molecule has 0 amide bonds. The summed E-state index contributed by atoms with van der Waals surface area (Å²) in [6.07, 6.45) is 2.64. The van der Waals surface area contributed by atoms with E-state index in [9.17, 15) is 10.2 Å². The van der Waals surface area contributed by atoms with Crippen molar-refractivity contribution in [2.45, 2.75) is 57.2 Å². The quantitative estimate of drug-likeness (QED) is 0.768. The predicted octanol–water partition coefficient (Wildman–Crippen LogP) is 4.33. The lowest BCUT2D eigenvalue weighted by atomic mass is 9.91. The Bertz CT molecular complexity index is 795. The molecular formula is C26H35NO2. The SMILES string of the molecule is CC(CN1C[C@@H]2C[C@@](O)(Cc3ccccc3)C[C@@H]2C1)c1ccc(C(C)(C)O)cc1. The van der Waals surface area contributed by atoms with Gasteiger partial charge in [-0.1, -0.05) is 61.5 Å². The van der Waals surface area contributed by atoms with Crippen LogP contribution < -0.4 is 0 Å². The standard InChI is InChI=1S/C26H35NO2/c1-19(21-9-11-24(12-10-21)25(2,3)28)16-27-17-22-14-26(29,15-23(22)18-27)13-20-7-5-4-6-8-20/h4-12,19,22-23,28-29H,13-18H2,1-3H3/t19?,22-,23+,26-. The Labute approximate surface area is 175 Å². The molecule has 0 bridgehead atoms. The minimum Gasteiger partial charge on any atom is -0.390 e. The summed E-state index contributed by atoms with van der Waals surface area (Å²) in [7, 11) is 0. The van der Waals surface area contributed by atoms with E-state index in [2.05, 4.69) is 48.2 Å². The molecule has 3 heteroatoms. The number of likely N-dealkylation sites (tertiary alicyclic amines) is 1. The van der Waals surface area contributed by atoms with E-state index in [-0.39, 0.29) is 0 Å². The molecule has 2 aromatic rings. The summed E-state index contributed by atoms with van der Waals surface area (Å²) in [5.74, 6) is 1.70.